The van der Waals surface area contributed by atoms with E-state index < -0.39 is 11.6 Å². The zero-order valence-electron chi connectivity index (χ0n) is 11.7. The van der Waals surface area contributed by atoms with Crippen LogP contribution >= 0.6 is 15.9 Å². The molecule has 4 nitrogen and oxygen atoms in total. The van der Waals surface area contributed by atoms with Gasteiger partial charge in [-0.25, -0.2) is 18.7 Å². The molecule has 0 saturated heterocycles. The first kappa shape index (κ1) is 15.4. The van der Waals surface area contributed by atoms with Crippen molar-refractivity contribution in [2.45, 2.75) is 0 Å². The monoisotopic (exact) mass is 376 g/mol. The minimum absolute atomic E-state index is 0.250. The summed E-state index contributed by atoms with van der Waals surface area (Å²) in [5.74, 6) is -0.603. The minimum Gasteiger partial charge on any atom is -0.340 e. The predicted molar refractivity (Wildman–Crippen MR) is 89.1 cm³/mol. The highest BCUT2D eigenvalue weighted by Gasteiger charge is 2.09. The van der Waals surface area contributed by atoms with Crippen LogP contribution in [0.25, 0.3) is 0 Å². The number of hydrogen-bond acceptors (Lipinski definition) is 4. The van der Waals surface area contributed by atoms with Gasteiger partial charge in [0.15, 0.2) is 0 Å². The van der Waals surface area contributed by atoms with Gasteiger partial charge in [-0.15, -0.1) is 0 Å². The van der Waals surface area contributed by atoms with Gasteiger partial charge in [0.2, 0.25) is 0 Å². The van der Waals surface area contributed by atoms with Gasteiger partial charge in [-0.1, -0.05) is 28.1 Å². The molecule has 0 aliphatic heterocycles. The highest BCUT2D eigenvalue weighted by Crippen LogP contribution is 2.24. The number of aromatic nitrogens is 2. The Morgan fingerprint density at radius 1 is 0.826 bits per heavy atom. The minimum atomic E-state index is -0.690. The third-order valence-corrected chi connectivity index (χ3v) is 3.47. The second-order valence-corrected chi connectivity index (χ2v) is 5.56. The summed E-state index contributed by atoms with van der Waals surface area (Å²) in [6, 6.07) is 12.7. The van der Waals surface area contributed by atoms with E-state index in [2.05, 4.69) is 36.5 Å². The molecule has 1 heterocycles. The molecule has 0 aliphatic rings. The summed E-state index contributed by atoms with van der Waals surface area (Å²) in [6.45, 7) is 0. The van der Waals surface area contributed by atoms with E-state index in [4.69, 9.17) is 0 Å². The Bertz CT molecular complexity index is 822. The van der Waals surface area contributed by atoms with Crippen molar-refractivity contribution in [1.82, 2.24) is 9.97 Å². The second kappa shape index (κ2) is 6.70. The van der Waals surface area contributed by atoms with E-state index in [1.54, 1.807) is 6.07 Å². The van der Waals surface area contributed by atoms with Crippen LogP contribution in [0.4, 0.5) is 31.8 Å². The van der Waals surface area contributed by atoms with E-state index in [-0.39, 0.29) is 11.5 Å². The van der Waals surface area contributed by atoms with Crippen molar-refractivity contribution in [2.24, 2.45) is 0 Å². The highest BCUT2D eigenvalue weighted by atomic mass is 79.9. The summed E-state index contributed by atoms with van der Waals surface area (Å²) >= 11 is 3.38. The first-order valence-electron chi connectivity index (χ1n) is 6.67. The Labute approximate surface area is 139 Å². The number of hydrogen-bond donors (Lipinski definition) is 2. The van der Waals surface area contributed by atoms with Crippen molar-refractivity contribution in [1.29, 1.82) is 0 Å². The molecule has 0 bridgehead atoms. The molecule has 0 spiro atoms. The summed E-state index contributed by atoms with van der Waals surface area (Å²) < 4.78 is 28.2. The summed E-state index contributed by atoms with van der Waals surface area (Å²) in [6.07, 6.45) is 1.31. The zero-order chi connectivity index (χ0) is 16.2. The van der Waals surface area contributed by atoms with Crippen LogP contribution in [0.5, 0.6) is 0 Å². The molecule has 0 amide bonds. The van der Waals surface area contributed by atoms with Gasteiger partial charge in [0.05, 0.1) is 0 Å². The molecule has 0 unspecified atom stereocenters. The van der Waals surface area contributed by atoms with Gasteiger partial charge in [-0.05, 0) is 30.3 Å². The number of benzene rings is 2. The lowest BCUT2D eigenvalue weighted by atomic mass is 10.3. The molecule has 0 fully saturated rings. The third-order valence-electron chi connectivity index (χ3n) is 2.98. The van der Waals surface area contributed by atoms with Crippen LogP contribution in [0.15, 0.2) is 59.3 Å². The lowest BCUT2D eigenvalue weighted by Crippen LogP contribution is -2.01. The van der Waals surface area contributed by atoms with Gasteiger partial charge in [0.25, 0.3) is 0 Å². The number of nitrogens with zero attached hydrogens (tertiary/aromatic N) is 2. The molecule has 116 valence electrons. The third kappa shape index (κ3) is 3.81. The summed E-state index contributed by atoms with van der Waals surface area (Å²) in [4.78, 5) is 8.06. The molecular weight excluding hydrogens is 366 g/mol. The molecule has 3 rings (SSSR count). The van der Waals surface area contributed by atoms with E-state index in [9.17, 15) is 8.78 Å². The van der Waals surface area contributed by atoms with Crippen LogP contribution in [0.1, 0.15) is 0 Å². The van der Waals surface area contributed by atoms with Crippen LogP contribution in [-0.2, 0) is 0 Å². The first-order valence-corrected chi connectivity index (χ1v) is 7.47. The fourth-order valence-electron chi connectivity index (χ4n) is 1.95. The Balaban J connectivity index is 1.83. The Morgan fingerprint density at radius 3 is 2.17 bits per heavy atom. The van der Waals surface area contributed by atoms with Crippen molar-refractivity contribution in [3.8, 4) is 0 Å². The average molecular weight is 377 g/mol. The number of rotatable bonds is 4. The van der Waals surface area contributed by atoms with Crippen LogP contribution in [0.3, 0.4) is 0 Å². The van der Waals surface area contributed by atoms with Gasteiger partial charge in [0.1, 0.15) is 35.3 Å². The quantitative estimate of drug-likeness (QED) is 0.672. The maximum atomic E-state index is 13.7. The van der Waals surface area contributed by atoms with Gasteiger partial charge in [0, 0.05) is 16.2 Å². The smallest absolute Gasteiger partial charge is 0.149 e. The van der Waals surface area contributed by atoms with Gasteiger partial charge in [-0.2, -0.15) is 0 Å². The van der Waals surface area contributed by atoms with Crippen LogP contribution in [-0.4, -0.2) is 9.97 Å². The summed E-state index contributed by atoms with van der Waals surface area (Å²) in [5, 5.41) is 5.72. The number of anilines is 4. The molecule has 23 heavy (non-hydrogen) atoms. The number of nitrogens with one attached hydrogen (secondary N) is 2. The van der Waals surface area contributed by atoms with E-state index >= 15 is 0 Å². The fourth-order valence-corrected chi connectivity index (χ4v) is 2.35. The molecule has 0 radical (unpaired) electrons. The van der Waals surface area contributed by atoms with E-state index in [0.717, 1.165) is 10.2 Å². The molecule has 0 atom stereocenters. The molecule has 2 aromatic carbocycles. The number of halogens is 3. The van der Waals surface area contributed by atoms with Crippen molar-refractivity contribution < 1.29 is 8.78 Å². The second-order valence-electron chi connectivity index (χ2n) is 4.65. The maximum Gasteiger partial charge on any atom is 0.149 e. The largest absolute Gasteiger partial charge is 0.340 e. The lowest BCUT2D eigenvalue weighted by molar-refractivity contribution is 0.590. The van der Waals surface area contributed by atoms with Gasteiger partial charge in [-0.3, -0.25) is 0 Å². The van der Waals surface area contributed by atoms with Crippen LogP contribution in [0.2, 0.25) is 0 Å². The van der Waals surface area contributed by atoms with E-state index in [0.29, 0.717) is 5.82 Å². The Hall–Kier alpha value is -2.54. The molecule has 0 saturated carbocycles. The molecular formula is C16H11BrF2N4. The van der Waals surface area contributed by atoms with E-state index in [1.165, 1.54) is 24.5 Å². The van der Waals surface area contributed by atoms with Crippen LogP contribution in [0, 0.1) is 11.6 Å². The average Bonchev–Trinajstić information content (AvgIpc) is 2.52. The molecule has 7 heteroatoms. The molecule has 3 aromatic rings. The Kier molecular flexibility index (Phi) is 4.47. The fraction of sp³-hybridized carbons (Fsp3) is 0. The Morgan fingerprint density at radius 2 is 1.48 bits per heavy atom. The van der Waals surface area contributed by atoms with Gasteiger partial charge < -0.3 is 10.6 Å². The zero-order valence-corrected chi connectivity index (χ0v) is 13.3. The van der Waals surface area contributed by atoms with Crippen molar-refractivity contribution in [3.05, 3.63) is 71.0 Å². The molecule has 1 aromatic heterocycles. The summed E-state index contributed by atoms with van der Waals surface area (Å²) in [5.41, 5.74) is 0.570. The standard InChI is InChI=1S/C16H11BrF2N4/c17-10-3-1-4-11(7-10)22-14-8-15(21-9-20-14)23-16-12(18)5-2-6-13(16)19/h1-9H,(H2,20,21,22,23). The topological polar surface area (TPSA) is 49.8 Å². The normalized spacial score (nSPS) is 10.4. The highest BCUT2D eigenvalue weighted by molar-refractivity contribution is 9.10. The summed E-state index contributed by atoms with van der Waals surface area (Å²) in [7, 11) is 0. The van der Waals surface area contributed by atoms with Crippen molar-refractivity contribution >= 4 is 38.9 Å². The SMILES string of the molecule is Fc1cccc(F)c1Nc1cc(Nc2cccc(Br)c2)ncn1. The number of para-hydroxylation sites is 1. The van der Waals surface area contributed by atoms with Crippen LogP contribution < -0.4 is 10.6 Å². The maximum absolute atomic E-state index is 13.7. The van der Waals surface area contributed by atoms with Crippen molar-refractivity contribution in [2.75, 3.05) is 10.6 Å². The molecule has 0 aliphatic carbocycles. The van der Waals surface area contributed by atoms with E-state index in [1.807, 2.05) is 24.3 Å². The molecule has 2 N–H and O–H groups in total. The van der Waals surface area contributed by atoms with Gasteiger partial charge >= 0.3 is 0 Å². The van der Waals surface area contributed by atoms with Crippen molar-refractivity contribution in [3.63, 3.8) is 0 Å². The first-order chi connectivity index (χ1) is 11.1. The predicted octanol–water partition coefficient (Wildman–Crippen LogP) is 5.00. The lowest BCUT2D eigenvalue weighted by Gasteiger charge is -2.10.